The third-order valence-electron chi connectivity index (χ3n) is 3.21. The molecule has 1 saturated carbocycles. The predicted octanol–water partition coefficient (Wildman–Crippen LogP) is 2.61. The molecule has 1 aliphatic carbocycles. The fraction of sp³-hybridized carbons (Fsp3) is 0.417. The van der Waals surface area contributed by atoms with Crippen molar-refractivity contribution in [2.24, 2.45) is 0 Å². The van der Waals surface area contributed by atoms with Crippen LogP contribution in [0.2, 0.25) is 0 Å². The maximum absolute atomic E-state index is 5.18. The molecular weight excluding hydrogens is 188 g/mol. The van der Waals surface area contributed by atoms with Crippen LogP contribution in [0.5, 0.6) is 5.75 Å². The number of pyridine rings is 1. The summed E-state index contributed by atoms with van der Waals surface area (Å²) in [5.41, 5.74) is 2.21. The van der Waals surface area contributed by atoms with Crippen LogP contribution in [0.25, 0.3) is 5.65 Å². The summed E-state index contributed by atoms with van der Waals surface area (Å²) in [7, 11) is 1.68. The number of hydrogen-bond acceptors (Lipinski definition) is 2. The van der Waals surface area contributed by atoms with Crippen molar-refractivity contribution in [3.8, 4) is 5.75 Å². The van der Waals surface area contributed by atoms with Crippen LogP contribution in [-0.2, 0) is 0 Å². The molecular formula is C12H14N2O. The summed E-state index contributed by atoms with van der Waals surface area (Å²) >= 11 is 0. The molecule has 3 nitrogen and oxygen atoms in total. The van der Waals surface area contributed by atoms with Gasteiger partial charge in [0.05, 0.1) is 12.8 Å². The van der Waals surface area contributed by atoms with E-state index in [2.05, 4.69) is 15.6 Å². The molecule has 0 aromatic carbocycles. The molecule has 3 rings (SSSR count). The first kappa shape index (κ1) is 8.77. The molecule has 0 atom stereocenters. The first-order chi connectivity index (χ1) is 7.36. The van der Waals surface area contributed by atoms with Crippen LogP contribution in [0, 0.1) is 0 Å². The lowest BCUT2D eigenvalue weighted by molar-refractivity contribution is 0.412. The van der Waals surface area contributed by atoms with Crippen LogP contribution in [0.15, 0.2) is 24.5 Å². The Morgan fingerprint density at radius 3 is 3.00 bits per heavy atom. The molecule has 0 N–H and O–H groups in total. The highest BCUT2D eigenvalue weighted by Crippen LogP contribution is 2.35. The monoisotopic (exact) mass is 202 g/mol. The smallest absolute Gasteiger partial charge is 0.140 e. The van der Waals surface area contributed by atoms with Gasteiger partial charge in [-0.2, -0.15) is 0 Å². The van der Waals surface area contributed by atoms with Gasteiger partial charge in [-0.3, -0.25) is 0 Å². The number of methoxy groups -OCH3 is 1. The summed E-state index contributed by atoms with van der Waals surface area (Å²) in [6.45, 7) is 0. The molecule has 2 aromatic heterocycles. The van der Waals surface area contributed by atoms with Gasteiger partial charge in [-0.05, 0) is 18.9 Å². The fourth-order valence-electron chi connectivity index (χ4n) is 2.01. The summed E-state index contributed by atoms with van der Waals surface area (Å²) < 4.78 is 7.24. The van der Waals surface area contributed by atoms with Gasteiger partial charge in [0.1, 0.15) is 11.4 Å². The van der Waals surface area contributed by atoms with E-state index in [9.17, 15) is 0 Å². The average molecular weight is 202 g/mol. The largest absolute Gasteiger partial charge is 0.497 e. The fourth-order valence-corrected chi connectivity index (χ4v) is 2.01. The minimum atomic E-state index is 0.691. The molecule has 0 aliphatic heterocycles. The number of rotatable bonds is 2. The molecule has 0 spiro atoms. The number of fused-ring (bicyclic) bond motifs is 1. The van der Waals surface area contributed by atoms with Crippen molar-refractivity contribution in [2.45, 2.75) is 25.2 Å². The number of imidazole rings is 1. The van der Waals surface area contributed by atoms with Crippen LogP contribution in [0.1, 0.15) is 30.9 Å². The maximum atomic E-state index is 5.18. The van der Waals surface area contributed by atoms with Crippen LogP contribution in [0.4, 0.5) is 0 Å². The lowest BCUT2D eigenvalue weighted by Gasteiger charge is -2.22. The molecule has 78 valence electrons. The molecule has 0 radical (unpaired) electrons. The van der Waals surface area contributed by atoms with Crippen molar-refractivity contribution in [1.29, 1.82) is 0 Å². The second-order valence-electron chi connectivity index (χ2n) is 4.13. The quantitative estimate of drug-likeness (QED) is 0.748. The SMILES string of the molecule is COc1ccn2cc(C3CCC3)nc2c1. The molecule has 2 aromatic rings. The van der Waals surface area contributed by atoms with Crippen molar-refractivity contribution < 1.29 is 4.74 Å². The van der Waals surface area contributed by atoms with Gasteiger partial charge in [-0.1, -0.05) is 6.42 Å². The van der Waals surface area contributed by atoms with Gasteiger partial charge in [0.25, 0.3) is 0 Å². The summed E-state index contributed by atoms with van der Waals surface area (Å²) in [4.78, 5) is 4.63. The summed E-state index contributed by atoms with van der Waals surface area (Å²) in [6, 6.07) is 3.93. The maximum Gasteiger partial charge on any atom is 0.140 e. The van der Waals surface area contributed by atoms with E-state index in [0.29, 0.717) is 5.92 Å². The molecule has 2 heterocycles. The Morgan fingerprint density at radius 2 is 2.33 bits per heavy atom. The van der Waals surface area contributed by atoms with E-state index in [4.69, 9.17) is 4.74 Å². The Balaban J connectivity index is 2.04. The van der Waals surface area contributed by atoms with E-state index in [1.165, 1.54) is 25.0 Å². The molecule has 1 fully saturated rings. The zero-order valence-corrected chi connectivity index (χ0v) is 8.81. The zero-order chi connectivity index (χ0) is 10.3. The molecule has 1 aliphatic rings. The Kier molecular flexibility index (Phi) is 1.91. The minimum absolute atomic E-state index is 0.691. The van der Waals surface area contributed by atoms with E-state index in [1.54, 1.807) is 7.11 Å². The Hall–Kier alpha value is -1.51. The molecule has 3 heteroatoms. The summed E-state index contributed by atoms with van der Waals surface area (Å²) in [5, 5.41) is 0. The normalized spacial score (nSPS) is 16.6. The van der Waals surface area contributed by atoms with Gasteiger partial charge < -0.3 is 9.14 Å². The highest BCUT2D eigenvalue weighted by molar-refractivity contribution is 5.46. The van der Waals surface area contributed by atoms with Crippen LogP contribution >= 0.6 is 0 Å². The second-order valence-corrected chi connectivity index (χ2v) is 4.13. The lowest BCUT2D eigenvalue weighted by Crippen LogP contribution is -2.08. The van der Waals surface area contributed by atoms with E-state index >= 15 is 0 Å². The van der Waals surface area contributed by atoms with E-state index < -0.39 is 0 Å². The Labute approximate surface area is 88.7 Å². The van der Waals surface area contributed by atoms with Gasteiger partial charge in [0.15, 0.2) is 0 Å². The molecule has 0 bridgehead atoms. The van der Waals surface area contributed by atoms with Crippen molar-refractivity contribution >= 4 is 5.65 Å². The van der Waals surface area contributed by atoms with Gasteiger partial charge in [-0.15, -0.1) is 0 Å². The average Bonchev–Trinajstić information content (AvgIpc) is 2.56. The first-order valence-electron chi connectivity index (χ1n) is 5.39. The van der Waals surface area contributed by atoms with Crippen LogP contribution in [-0.4, -0.2) is 16.5 Å². The second kappa shape index (κ2) is 3.26. The Morgan fingerprint density at radius 1 is 1.47 bits per heavy atom. The lowest BCUT2D eigenvalue weighted by atomic mass is 9.83. The van der Waals surface area contributed by atoms with Gasteiger partial charge >= 0.3 is 0 Å². The summed E-state index contributed by atoms with van der Waals surface area (Å²) in [5.74, 6) is 1.56. The molecule has 15 heavy (non-hydrogen) atoms. The van der Waals surface area contributed by atoms with E-state index in [1.807, 2.05) is 18.3 Å². The van der Waals surface area contributed by atoms with Crippen molar-refractivity contribution in [1.82, 2.24) is 9.38 Å². The predicted molar refractivity (Wildman–Crippen MR) is 58.3 cm³/mol. The van der Waals surface area contributed by atoms with Crippen molar-refractivity contribution in [3.05, 3.63) is 30.2 Å². The number of nitrogens with zero attached hydrogens (tertiary/aromatic N) is 2. The van der Waals surface area contributed by atoms with Crippen LogP contribution in [0.3, 0.4) is 0 Å². The van der Waals surface area contributed by atoms with Gasteiger partial charge in [0.2, 0.25) is 0 Å². The van der Waals surface area contributed by atoms with Crippen molar-refractivity contribution in [3.63, 3.8) is 0 Å². The highest BCUT2D eigenvalue weighted by atomic mass is 16.5. The van der Waals surface area contributed by atoms with Gasteiger partial charge in [-0.25, -0.2) is 4.98 Å². The van der Waals surface area contributed by atoms with Crippen LogP contribution < -0.4 is 4.74 Å². The minimum Gasteiger partial charge on any atom is -0.497 e. The topological polar surface area (TPSA) is 26.5 Å². The third-order valence-corrected chi connectivity index (χ3v) is 3.21. The number of hydrogen-bond donors (Lipinski definition) is 0. The Bertz CT molecular complexity index is 485. The third kappa shape index (κ3) is 1.39. The van der Waals surface area contributed by atoms with Crippen molar-refractivity contribution in [2.75, 3.05) is 7.11 Å². The van der Waals surface area contributed by atoms with E-state index in [0.717, 1.165) is 11.4 Å². The zero-order valence-electron chi connectivity index (χ0n) is 8.81. The first-order valence-corrected chi connectivity index (χ1v) is 5.39. The molecule has 0 amide bonds. The highest BCUT2D eigenvalue weighted by Gasteiger charge is 2.21. The molecule has 0 unspecified atom stereocenters. The molecule has 0 saturated heterocycles. The van der Waals surface area contributed by atoms with E-state index in [-0.39, 0.29) is 0 Å². The van der Waals surface area contributed by atoms with Gasteiger partial charge in [0, 0.05) is 24.4 Å². The standard InChI is InChI=1S/C12H14N2O/c1-15-10-5-6-14-8-11(9-3-2-4-9)13-12(14)7-10/h5-9H,2-4H2,1H3. The summed E-state index contributed by atoms with van der Waals surface area (Å²) in [6.07, 6.45) is 8.08. The number of ether oxygens (including phenoxy) is 1. The number of aromatic nitrogens is 2.